The lowest BCUT2D eigenvalue weighted by atomic mass is 9.75. The second kappa shape index (κ2) is 6.31. The lowest BCUT2D eigenvalue weighted by molar-refractivity contribution is 0.103. The Hall–Kier alpha value is -1.89. The molecule has 1 aliphatic carbocycles. The Morgan fingerprint density at radius 2 is 1.35 bits per heavy atom. The van der Waals surface area contributed by atoms with Crippen molar-refractivity contribution in [2.24, 2.45) is 0 Å². The number of carbonyl (C=O) groups is 1. The molecule has 0 radical (unpaired) electrons. The van der Waals surface area contributed by atoms with E-state index in [9.17, 15) is 4.79 Å². The first-order valence-corrected chi connectivity index (χ1v) is 8.98. The molecule has 3 rings (SSSR count). The van der Waals surface area contributed by atoms with E-state index in [4.69, 9.17) is 0 Å². The molecule has 23 heavy (non-hydrogen) atoms. The van der Waals surface area contributed by atoms with Gasteiger partial charge in [0.25, 0.3) is 0 Å². The van der Waals surface area contributed by atoms with E-state index in [-0.39, 0.29) is 5.78 Å². The summed E-state index contributed by atoms with van der Waals surface area (Å²) in [4.78, 5) is 13.2. The van der Waals surface area contributed by atoms with Crippen LogP contribution in [0.3, 0.4) is 0 Å². The van der Waals surface area contributed by atoms with Crippen molar-refractivity contribution < 1.29 is 4.79 Å². The number of benzene rings is 2. The molecular formula is C22H26O. The van der Waals surface area contributed by atoms with E-state index in [1.54, 1.807) is 0 Å². The minimum Gasteiger partial charge on any atom is -0.289 e. The van der Waals surface area contributed by atoms with Crippen molar-refractivity contribution >= 4 is 5.78 Å². The van der Waals surface area contributed by atoms with Crippen LogP contribution in [0.5, 0.6) is 0 Å². The Bertz CT molecular complexity index is 768. The van der Waals surface area contributed by atoms with Crippen LogP contribution in [-0.2, 0) is 32.1 Å². The Morgan fingerprint density at radius 3 is 1.96 bits per heavy atom. The molecule has 0 atom stereocenters. The normalized spacial score (nSPS) is 13.0. The van der Waals surface area contributed by atoms with Gasteiger partial charge in [0.1, 0.15) is 0 Å². The molecule has 0 spiro atoms. The molecule has 0 aromatic heterocycles. The molecule has 0 aliphatic heterocycles. The SMILES string of the molecule is CCc1c(CC)c(CC)c2c(c1CC)Cc1ccccc1C2=O. The fourth-order valence-electron chi connectivity index (χ4n) is 4.39. The van der Waals surface area contributed by atoms with Crippen molar-refractivity contribution in [2.75, 3.05) is 0 Å². The van der Waals surface area contributed by atoms with Crippen molar-refractivity contribution in [1.82, 2.24) is 0 Å². The highest BCUT2D eigenvalue weighted by molar-refractivity contribution is 6.13. The van der Waals surface area contributed by atoms with Gasteiger partial charge in [-0.15, -0.1) is 0 Å². The third kappa shape index (κ3) is 2.34. The molecule has 2 aromatic rings. The van der Waals surface area contributed by atoms with E-state index in [0.29, 0.717) is 0 Å². The van der Waals surface area contributed by atoms with Crippen LogP contribution in [0.1, 0.15) is 77.0 Å². The first-order chi connectivity index (χ1) is 11.2. The third-order valence-corrected chi connectivity index (χ3v) is 5.33. The maximum Gasteiger partial charge on any atom is 0.193 e. The highest BCUT2D eigenvalue weighted by Crippen LogP contribution is 2.37. The minimum atomic E-state index is 0.241. The standard InChI is InChI=1S/C22H26O/c1-5-15-16(6-2)18(8-4)21-20(17(15)7-3)13-14-11-9-10-12-19(14)22(21)23/h9-12H,5-8,13H2,1-4H3. The van der Waals surface area contributed by atoms with Gasteiger partial charge in [-0.2, -0.15) is 0 Å². The van der Waals surface area contributed by atoms with Crippen molar-refractivity contribution in [3.8, 4) is 0 Å². The lowest BCUT2D eigenvalue weighted by Crippen LogP contribution is -2.22. The van der Waals surface area contributed by atoms with Gasteiger partial charge >= 0.3 is 0 Å². The highest BCUT2D eigenvalue weighted by Gasteiger charge is 2.30. The van der Waals surface area contributed by atoms with Crippen LogP contribution in [0.25, 0.3) is 0 Å². The predicted octanol–water partition coefficient (Wildman–Crippen LogP) is 5.07. The quantitative estimate of drug-likeness (QED) is 0.657. The summed E-state index contributed by atoms with van der Waals surface area (Å²) in [6.45, 7) is 8.89. The molecule has 0 saturated carbocycles. The summed E-state index contributed by atoms with van der Waals surface area (Å²) in [6, 6.07) is 8.13. The molecular weight excluding hydrogens is 280 g/mol. The van der Waals surface area contributed by atoms with Crippen molar-refractivity contribution in [1.29, 1.82) is 0 Å². The zero-order valence-corrected chi connectivity index (χ0v) is 14.8. The van der Waals surface area contributed by atoms with E-state index in [1.165, 1.54) is 33.4 Å². The largest absolute Gasteiger partial charge is 0.289 e. The summed E-state index contributed by atoms with van der Waals surface area (Å²) in [6.07, 6.45) is 4.93. The minimum absolute atomic E-state index is 0.241. The van der Waals surface area contributed by atoms with Gasteiger partial charge in [-0.05, 0) is 65.5 Å². The average Bonchev–Trinajstić information content (AvgIpc) is 2.59. The molecule has 0 fully saturated rings. The Labute approximate surface area is 139 Å². The fourth-order valence-corrected chi connectivity index (χ4v) is 4.39. The summed E-state index contributed by atoms with van der Waals surface area (Å²) in [7, 11) is 0. The zero-order valence-electron chi connectivity index (χ0n) is 14.8. The van der Waals surface area contributed by atoms with Crippen LogP contribution in [0.2, 0.25) is 0 Å². The molecule has 1 aliphatic rings. The zero-order chi connectivity index (χ0) is 16.6. The average molecular weight is 306 g/mol. The van der Waals surface area contributed by atoms with Crippen LogP contribution >= 0.6 is 0 Å². The molecule has 0 bridgehead atoms. The van der Waals surface area contributed by atoms with Crippen LogP contribution < -0.4 is 0 Å². The van der Waals surface area contributed by atoms with Gasteiger partial charge in [0.2, 0.25) is 0 Å². The smallest absolute Gasteiger partial charge is 0.193 e. The number of fused-ring (bicyclic) bond motifs is 2. The number of carbonyl (C=O) groups excluding carboxylic acids is 1. The van der Waals surface area contributed by atoms with Gasteiger partial charge < -0.3 is 0 Å². The van der Waals surface area contributed by atoms with Gasteiger partial charge in [0, 0.05) is 11.1 Å². The molecule has 0 saturated heterocycles. The van der Waals surface area contributed by atoms with E-state index in [2.05, 4.69) is 33.8 Å². The van der Waals surface area contributed by atoms with Gasteiger partial charge in [0.05, 0.1) is 0 Å². The fraction of sp³-hybridized carbons (Fsp3) is 0.409. The first kappa shape index (κ1) is 16.0. The molecule has 0 N–H and O–H groups in total. The van der Waals surface area contributed by atoms with Crippen LogP contribution in [0.4, 0.5) is 0 Å². The summed E-state index contributed by atoms with van der Waals surface area (Å²) in [5.41, 5.74) is 10.1. The monoisotopic (exact) mass is 306 g/mol. The van der Waals surface area contributed by atoms with Crippen molar-refractivity contribution in [2.45, 2.75) is 59.8 Å². The topological polar surface area (TPSA) is 17.1 Å². The van der Waals surface area contributed by atoms with Crippen molar-refractivity contribution in [3.63, 3.8) is 0 Å². The molecule has 0 heterocycles. The molecule has 1 nitrogen and oxygen atoms in total. The van der Waals surface area contributed by atoms with Crippen LogP contribution in [-0.4, -0.2) is 5.78 Å². The molecule has 0 unspecified atom stereocenters. The Balaban J connectivity index is 2.38. The van der Waals surface area contributed by atoms with E-state index < -0.39 is 0 Å². The second-order valence-corrected chi connectivity index (χ2v) is 6.35. The van der Waals surface area contributed by atoms with Crippen molar-refractivity contribution in [3.05, 3.63) is 68.8 Å². The Kier molecular flexibility index (Phi) is 4.39. The number of ketones is 1. The summed E-state index contributed by atoms with van der Waals surface area (Å²) >= 11 is 0. The summed E-state index contributed by atoms with van der Waals surface area (Å²) in [5, 5.41) is 0. The third-order valence-electron chi connectivity index (χ3n) is 5.33. The lowest BCUT2D eigenvalue weighted by Gasteiger charge is -2.28. The molecule has 0 amide bonds. The van der Waals surface area contributed by atoms with Gasteiger partial charge in [-0.1, -0.05) is 52.0 Å². The van der Waals surface area contributed by atoms with Gasteiger partial charge in [-0.3, -0.25) is 4.79 Å². The highest BCUT2D eigenvalue weighted by atomic mass is 16.1. The number of hydrogen-bond acceptors (Lipinski definition) is 1. The summed E-state index contributed by atoms with van der Waals surface area (Å²) in [5.74, 6) is 0.241. The maximum absolute atomic E-state index is 13.2. The van der Waals surface area contributed by atoms with E-state index in [0.717, 1.165) is 43.2 Å². The first-order valence-electron chi connectivity index (χ1n) is 8.98. The summed E-state index contributed by atoms with van der Waals surface area (Å²) < 4.78 is 0. The van der Waals surface area contributed by atoms with Crippen LogP contribution in [0.15, 0.2) is 24.3 Å². The second-order valence-electron chi connectivity index (χ2n) is 6.35. The molecule has 1 heteroatoms. The van der Waals surface area contributed by atoms with E-state index in [1.807, 2.05) is 18.2 Å². The van der Waals surface area contributed by atoms with Crippen LogP contribution in [0, 0.1) is 0 Å². The Morgan fingerprint density at radius 1 is 0.783 bits per heavy atom. The van der Waals surface area contributed by atoms with E-state index >= 15 is 0 Å². The van der Waals surface area contributed by atoms with Gasteiger partial charge in [0.15, 0.2) is 5.78 Å². The number of hydrogen-bond donors (Lipinski definition) is 0. The number of rotatable bonds is 4. The maximum atomic E-state index is 13.2. The molecule has 120 valence electrons. The van der Waals surface area contributed by atoms with Gasteiger partial charge in [-0.25, -0.2) is 0 Å². The predicted molar refractivity (Wildman–Crippen MR) is 96.6 cm³/mol. The molecule has 2 aromatic carbocycles.